The third-order valence-electron chi connectivity index (χ3n) is 6.45. The van der Waals surface area contributed by atoms with Crippen LogP contribution < -0.4 is 15.2 Å². The van der Waals surface area contributed by atoms with Crippen LogP contribution in [0.1, 0.15) is 41.1 Å². The van der Waals surface area contributed by atoms with Gasteiger partial charge in [-0.15, -0.1) is 0 Å². The number of rotatable bonds is 9. The Hall–Kier alpha value is -4.11. The molecule has 0 aliphatic carbocycles. The summed E-state index contributed by atoms with van der Waals surface area (Å²) < 4.78 is 26.8. The number of amides is 2. The molecule has 2 atom stereocenters. The summed E-state index contributed by atoms with van der Waals surface area (Å²) in [6, 6.07) is 21.4. The standard InChI is InChI=1S/C27H28N6O4S/c28-16-22-14-13-19(17-30-22)18-31-26(34)23-12-7-15-33(23)27(35)25(32-38(29,36)37)24(20-8-3-1-4-9-20)21-10-5-2-6-11-21/h1-6,8-11,13-14,17,23-25,32H,7,12,15,18H2,(H,31,34)(H2,29,36,37)/t23-,25+/m0/s1. The minimum Gasteiger partial charge on any atom is -0.350 e. The number of nitrogens with one attached hydrogen (secondary N) is 2. The Morgan fingerprint density at radius 2 is 1.68 bits per heavy atom. The Morgan fingerprint density at radius 3 is 2.21 bits per heavy atom. The van der Waals surface area contributed by atoms with Crippen LogP contribution in [0, 0.1) is 11.3 Å². The molecule has 0 spiro atoms. The lowest BCUT2D eigenvalue weighted by molar-refractivity contribution is -0.140. The number of aromatic nitrogens is 1. The lowest BCUT2D eigenvalue weighted by atomic mass is 9.84. The van der Waals surface area contributed by atoms with Gasteiger partial charge in [0.05, 0.1) is 0 Å². The van der Waals surface area contributed by atoms with Crippen LogP contribution in [0.15, 0.2) is 79.0 Å². The van der Waals surface area contributed by atoms with E-state index in [0.717, 1.165) is 11.1 Å². The predicted molar refractivity (Wildman–Crippen MR) is 140 cm³/mol. The molecule has 196 valence electrons. The fourth-order valence-electron chi connectivity index (χ4n) is 4.72. The van der Waals surface area contributed by atoms with E-state index in [4.69, 9.17) is 10.4 Å². The topological polar surface area (TPSA) is 158 Å². The van der Waals surface area contributed by atoms with Crippen molar-refractivity contribution in [2.75, 3.05) is 6.54 Å². The van der Waals surface area contributed by atoms with E-state index in [0.29, 0.717) is 24.9 Å². The Kier molecular flexibility index (Phi) is 8.48. The van der Waals surface area contributed by atoms with Crippen LogP contribution in [-0.2, 0) is 26.3 Å². The normalized spacial score (nSPS) is 16.1. The predicted octanol–water partition coefficient (Wildman–Crippen LogP) is 1.55. The monoisotopic (exact) mass is 532 g/mol. The minimum atomic E-state index is -4.28. The van der Waals surface area contributed by atoms with Gasteiger partial charge < -0.3 is 10.2 Å². The minimum absolute atomic E-state index is 0.172. The highest BCUT2D eigenvalue weighted by molar-refractivity contribution is 7.87. The fourth-order valence-corrected chi connectivity index (χ4v) is 5.31. The van der Waals surface area contributed by atoms with Gasteiger partial charge in [0.2, 0.25) is 11.8 Å². The fraction of sp³-hybridized carbons (Fsp3) is 0.259. The summed E-state index contributed by atoms with van der Waals surface area (Å²) in [7, 11) is -4.28. The molecular weight excluding hydrogens is 504 g/mol. The summed E-state index contributed by atoms with van der Waals surface area (Å²) in [6.07, 6.45) is 2.53. The number of hydrogen-bond acceptors (Lipinski definition) is 6. The van der Waals surface area contributed by atoms with Crippen molar-refractivity contribution in [3.8, 4) is 6.07 Å². The largest absolute Gasteiger partial charge is 0.350 e. The van der Waals surface area contributed by atoms with Crippen molar-refractivity contribution in [2.45, 2.75) is 37.4 Å². The lowest BCUT2D eigenvalue weighted by Gasteiger charge is -2.33. The molecule has 4 N–H and O–H groups in total. The molecule has 0 saturated carbocycles. The SMILES string of the molecule is N#Cc1ccc(CNC(=O)[C@@H]2CCCN2C(=O)[C@H](NS(N)(=O)=O)C(c2ccccc2)c2ccccc2)cn1. The number of pyridine rings is 1. The van der Waals surface area contributed by atoms with E-state index in [2.05, 4.69) is 15.0 Å². The number of nitriles is 1. The molecule has 1 fully saturated rings. The van der Waals surface area contributed by atoms with E-state index in [9.17, 15) is 18.0 Å². The Bertz CT molecular complexity index is 1370. The molecule has 1 aliphatic heterocycles. The van der Waals surface area contributed by atoms with Crippen molar-refractivity contribution in [1.29, 1.82) is 5.26 Å². The van der Waals surface area contributed by atoms with Gasteiger partial charge in [0.15, 0.2) is 0 Å². The zero-order chi connectivity index (χ0) is 27.1. The molecular formula is C27H28N6O4S. The van der Waals surface area contributed by atoms with Crippen molar-refractivity contribution < 1.29 is 18.0 Å². The highest BCUT2D eigenvalue weighted by atomic mass is 32.2. The van der Waals surface area contributed by atoms with E-state index in [1.54, 1.807) is 12.1 Å². The van der Waals surface area contributed by atoms with Crippen LogP contribution in [0.5, 0.6) is 0 Å². The van der Waals surface area contributed by atoms with Crippen LogP contribution >= 0.6 is 0 Å². The highest BCUT2D eigenvalue weighted by Crippen LogP contribution is 2.31. The van der Waals surface area contributed by atoms with E-state index in [-0.39, 0.29) is 18.1 Å². The van der Waals surface area contributed by atoms with E-state index in [1.165, 1.54) is 11.1 Å². The number of carbonyl (C=O) groups is 2. The van der Waals surface area contributed by atoms with Crippen LogP contribution in [0.25, 0.3) is 0 Å². The van der Waals surface area contributed by atoms with Crippen LogP contribution in [0.2, 0.25) is 0 Å². The maximum atomic E-state index is 14.0. The number of nitrogens with two attached hydrogens (primary N) is 1. The number of carbonyl (C=O) groups excluding carboxylic acids is 2. The summed E-state index contributed by atoms with van der Waals surface area (Å²) in [4.78, 5) is 32.5. The van der Waals surface area contributed by atoms with Crippen molar-refractivity contribution in [3.63, 3.8) is 0 Å². The van der Waals surface area contributed by atoms with Crippen LogP contribution in [0.3, 0.4) is 0 Å². The molecule has 4 rings (SSSR count). The van der Waals surface area contributed by atoms with Crippen molar-refractivity contribution in [2.24, 2.45) is 5.14 Å². The second-order valence-corrected chi connectivity index (χ2v) is 10.3. The molecule has 2 amide bonds. The maximum Gasteiger partial charge on any atom is 0.275 e. The molecule has 10 nitrogen and oxygen atoms in total. The second kappa shape index (κ2) is 12.0. The van der Waals surface area contributed by atoms with Gasteiger partial charge in [-0.05, 0) is 35.6 Å². The van der Waals surface area contributed by atoms with E-state index >= 15 is 0 Å². The molecule has 11 heteroatoms. The van der Waals surface area contributed by atoms with Gasteiger partial charge in [0.1, 0.15) is 23.8 Å². The van der Waals surface area contributed by atoms with E-state index < -0.39 is 34.1 Å². The number of likely N-dealkylation sites (tertiary alicyclic amines) is 1. The molecule has 2 aromatic carbocycles. The van der Waals surface area contributed by atoms with Gasteiger partial charge in [0.25, 0.3) is 10.2 Å². The Balaban J connectivity index is 1.61. The quantitative estimate of drug-likeness (QED) is 0.379. The average molecular weight is 533 g/mol. The first-order chi connectivity index (χ1) is 18.3. The lowest BCUT2D eigenvalue weighted by Crippen LogP contribution is -2.56. The molecule has 2 heterocycles. The van der Waals surface area contributed by atoms with Crippen molar-refractivity contribution >= 4 is 22.0 Å². The molecule has 0 unspecified atom stereocenters. The first-order valence-corrected chi connectivity index (χ1v) is 13.6. The second-order valence-electron chi connectivity index (χ2n) is 9.01. The summed E-state index contributed by atoms with van der Waals surface area (Å²) in [5.74, 6) is -1.57. The first kappa shape index (κ1) is 26.9. The van der Waals surface area contributed by atoms with Gasteiger partial charge in [-0.2, -0.15) is 18.4 Å². The summed E-state index contributed by atoms with van der Waals surface area (Å²) in [6.45, 7) is 0.472. The van der Waals surface area contributed by atoms with E-state index in [1.807, 2.05) is 66.7 Å². The summed E-state index contributed by atoms with van der Waals surface area (Å²) in [5, 5.41) is 17.1. The Morgan fingerprint density at radius 1 is 1.05 bits per heavy atom. The first-order valence-electron chi connectivity index (χ1n) is 12.1. The van der Waals surface area contributed by atoms with Gasteiger partial charge in [-0.25, -0.2) is 10.1 Å². The molecule has 1 saturated heterocycles. The zero-order valence-electron chi connectivity index (χ0n) is 20.5. The molecule has 38 heavy (non-hydrogen) atoms. The number of nitrogens with zero attached hydrogens (tertiary/aromatic N) is 3. The molecule has 1 aromatic heterocycles. The average Bonchev–Trinajstić information content (AvgIpc) is 3.42. The summed E-state index contributed by atoms with van der Waals surface area (Å²) >= 11 is 0. The smallest absolute Gasteiger partial charge is 0.275 e. The highest BCUT2D eigenvalue weighted by Gasteiger charge is 2.41. The van der Waals surface area contributed by atoms with Crippen LogP contribution in [-0.4, -0.2) is 48.7 Å². The molecule has 0 radical (unpaired) electrons. The zero-order valence-corrected chi connectivity index (χ0v) is 21.3. The Labute approximate surface area is 221 Å². The molecule has 0 bridgehead atoms. The van der Waals surface area contributed by atoms with Gasteiger partial charge in [-0.3, -0.25) is 9.59 Å². The number of benzene rings is 2. The van der Waals surface area contributed by atoms with Gasteiger partial charge in [-0.1, -0.05) is 66.7 Å². The van der Waals surface area contributed by atoms with Gasteiger partial charge in [0, 0.05) is 25.2 Å². The van der Waals surface area contributed by atoms with Crippen molar-refractivity contribution in [1.82, 2.24) is 19.9 Å². The molecule has 1 aliphatic rings. The summed E-state index contributed by atoms with van der Waals surface area (Å²) in [5.41, 5.74) is 2.42. The maximum absolute atomic E-state index is 14.0. The van der Waals surface area contributed by atoms with Gasteiger partial charge >= 0.3 is 0 Å². The molecule has 3 aromatic rings. The third kappa shape index (κ3) is 6.60. The van der Waals surface area contributed by atoms with Crippen molar-refractivity contribution in [3.05, 3.63) is 101 Å². The number of hydrogen-bond donors (Lipinski definition) is 3. The third-order valence-corrected chi connectivity index (χ3v) is 7.04. The van der Waals surface area contributed by atoms with Crippen LogP contribution in [0.4, 0.5) is 0 Å².